The molecule has 4 heteroatoms. The summed E-state index contributed by atoms with van der Waals surface area (Å²) in [6, 6.07) is 13.4. The highest BCUT2D eigenvalue weighted by atomic mass is 16.3. The minimum absolute atomic E-state index is 0.0875. The van der Waals surface area contributed by atoms with Crippen molar-refractivity contribution in [2.24, 2.45) is 0 Å². The fourth-order valence-corrected chi connectivity index (χ4v) is 4.21. The summed E-state index contributed by atoms with van der Waals surface area (Å²) in [5.74, 6) is -1.23. The number of Topliss-reactive ketones (excluding diaryl/α,β-unsaturated/α-hetero) is 1. The summed E-state index contributed by atoms with van der Waals surface area (Å²) in [5, 5.41) is 11.4. The van der Waals surface area contributed by atoms with Crippen molar-refractivity contribution in [2.75, 3.05) is 6.54 Å². The van der Waals surface area contributed by atoms with Crippen LogP contribution in [0.25, 0.3) is 5.76 Å². The van der Waals surface area contributed by atoms with Crippen molar-refractivity contribution in [3.05, 3.63) is 75.9 Å². The van der Waals surface area contributed by atoms with Gasteiger partial charge in [0.2, 0.25) is 0 Å². The molecule has 170 valence electrons. The molecule has 1 aliphatic rings. The molecule has 1 N–H and O–H groups in total. The Morgan fingerprint density at radius 1 is 1.03 bits per heavy atom. The van der Waals surface area contributed by atoms with Gasteiger partial charge in [-0.1, -0.05) is 77.4 Å². The van der Waals surface area contributed by atoms with E-state index in [2.05, 4.69) is 34.6 Å². The molecule has 2 aromatic carbocycles. The van der Waals surface area contributed by atoms with Gasteiger partial charge in [-0.2, -0.15) is 0 Å². The van der Waals surface area contributed by atoms with Crippen LogP contribution in [0.4, 0.5) is 0 Å². The highest BCUT2D eigenvalue weighted by Gasteiger charge is 2.45. The van der Waals surface area contributed by atoms with E-state index in [4.69, 9.17) is 0 Å². The van der Waals surface area contributed by atoms with Crippen LogP contribution >= 0.6 is 0 Å². The zero-order valence-corrected chi connectivity index (χ0v) is 20.2. The summed E-state index contributed by atoms with van der Waals surface area (Å²) < 4.78 is 0. The van der Waals surface area contributed by atoms with E-state index in [-0.39, 0.29) is 16.7 Å². The highest BCUT2D eigenvalue weighted by Crippen LogP contribution is 2.40. The molecule has 1 heterocycles. The van der Waals surface area contributed by atoms with Gasteiger partial charge in [0.15, 0.2) is 0 Å². The third kappa shape index (κ3) is 4.50. The molecule has 0 saturated carbocycles. The van der Waals surface area contributed by atoms with Gasteiger partial charge in [-0.3, -0.25) is 9.59 Å². The van der Waals surface area contributed by atoms with E-state index in [1.54, 1.807) is 4.90 Å². The number of benzene rings is 2. The predicted octanol–water partition coefficient (Wildman–Crippen LogP) is 6.08. The molecule has 1 saturated heterocycles. The van der Waals surface area contributed by atoms with Crippen LogP contribution in [0.5, 0.6) is 0 Å². The standard InChI is InChI=1S/C28H35NO3/c1-7-9-16-29-24(20-13-11-19(8-2)12-14-20)23(26(31)27(29)32)25(30)22-17-21(28(4,5)6)15-10-18(22)3/h10-15,17,24,30H,7-9,16H2,1-6H3/b25-23+. The topological polar surface area (TPSA) is 57.6 Å². The van der Waals surface area contributed by atoms with E-state index in [1.807, 2.05) is 49.4 Å². The van der Waals surface area contributed by atoms with Gasteiger partial charge in [-0.25, -0.2) is 0 Å². The van der Waals surface area contributed by atoms with Crippen LogP contribution in [0.2, 0.25) is 0 Å². The van der Waals surface area contributed by atoms with Crippen LogP contribution in [-0.4, -0.2) is 28.2 Å². The lowest BCUT2D eigenvalue weighted by Gasteiger charge is -2.26. The molecule has 1 fully saturated rings. The number of hydrogen-bond donors (Lipinski definition) is 1. The van der Waals surface area contributed by atoms with E-state index in [0.717, 1.165) is 36.0 Å². The van der Waals surface area contributed by atoms with Gasteiger partial charge in [0.1, 0.15) is 5.76 Å². The predicted molar refractivity (Wildman–Crippen MR) is 130 cm³/mol. The average Bonchev–Trinajstić information content (AvgIpc) is 3.01. The van der Waals surface area contributed by atoms with Crippen molar-refractivity contribution < 1.29 is 14.7 Å². The SMILES string of the molecule is CCCCN1C(=O)C(=O)/C(=C(/O)c2cc(C(C)(C)C)ccc2C)C1c1ccc(CC)cc1. The highest BCUT2D eigenvalue weighted by molar-refractivity contribution is 6.46. The maximum Gasteiger partial charge on any atom is 0.295 e. The maximum atomic E-state index is 13.2. The van der Waals surface area contributed by atoms with Crippen LogP contribution < -0.4 is 0 Å². The molecule has 0 spiro atoms. The first-order chi connectivity index (χ1) is 15.1. The third-order valence-corrected chi connectivity index (χ3v) is 6.35. The van der Waals surface area contributed by atoms with Crippen molar-refractivity contribution >= 4 is 17.4 Å². The normalized spacial score (nSPS) is 18.4. The molecule has 1 unspecified atom stereocenters. The van der Waals surface area contributed by atoms with Gasteiger partial charge in [-0.15, -0.1) is 0 Å². The second-order valence-electron chi connectivity index (χ2n) is 9.72. The summed E-state index contributed by atoms with van der Waals surface area (Å²) in [6.45, 7) is 12.9. The molecule has 0 bridgehead atoms. The van der Waals surface area contributed by atoms with Crippen LogP contribution in [0.3, 0.4) is 0 Å². The smallest absolute Gasteiger partial charge is 0.295 e. The van der Waals surface area contributed by atoms with E-state index in [9.17, 15) is 14.7 Å². The number of likely N-dealkylation sites (tertiary alicyclic amines) is 1. The number of aryl methyl sites for hydroxylation is 2. The monoisotopic (exact) mass is 433 g/mol. The van der Waals surface area contributed by atoms with Gasteiger partial charge in [0.25, 0.3) is 11.7 Å². The zero-order valence-electron chi connectivity index (χ0n) is 20.2. The molecule has 32 heavy (non-hydrogen) atoms. The Labute approximate surface area is 192 Å². The lowest BCUT2D eigenvalue weighted by molar-refractivity contribution is -0.139. The van der Waals surface area contributed by atoms with Crippen molar-refractivity contribution in [3.8, 4) is 0 Å². The molecule has 0 aliphatic carbocycles. The molecule has 2 aromatic rings. The molecule has 1 atom stereocenters. The number of aliphatic hydroxyl groups excluding tert-OH is 1. The number of unbranched alkanes of at least 4 members (excludes halogenated alkanes) is 1. The molecule has 1 amide bonds. The molecule has 3 rings (SSSR count). The summed E-state index contributed by atoms with van der Waals surface area (Å²) in [7, 11) is 0. The van der Waals surface area contributed by atoms with Crippen LogP contribution in [-0.2, 0) is 21.4 Å². The number of nitrogens with zero attached hydrogens (tertiary/aromatic N) is 1. The molecule has 0 radical (unpaired) electrons. The minimum atomic E-state index is -0.608. The van der Waals surface area contributed by atoms with E-state index < -0.39 is 17.7 Å². The Balaban J connectivity index is 2.21. The number of ketones is 1. The summed E-state index contributed by atoms with van der Waals surface area (Å²) in [4.78, 5) is 27.8. The van der Waals surface area contributed by atoms with Crippen molar-refractivity contribution in [2.45, 2.75) is 72.3 Å². The molecular formula is C28H35NO3. The first-order valence-corrected chi connectivity index (χ1v) is 11.6. The Morgan fingerprint density at radius 2 is 1.69 bits per heavy atom. The summed E-state index contributed by atoms with van der Waals surface area (Å²) >= 11 is 0. The van der Waals surface area contributed by atoms with Crippen molar-refractivity contribution in [1.82, 2.24) is 4.90 Å². The molecule has 4 nitrogen and oxygen atoms in total. The van der Waals surface area contributed by atoms with Crippen molar-refractivity contribution in [1.29, 1.82) is 0 Å². The lowest BCUT2D eigenvalue weighted by atomic mass is 9.84. The number of rotatable bonds is 6. The minimum Gasteiger partial charge on any atom is -0.507 e. The summed E-state index contributed by atoms with van der Waals surface area (Å²) in [6.07, 6.45) is 2.63. The number of hydrogen-bond acceptors (Lipinski definition) is 3. The first-order valence-electron chi connectivity index (χ1n) is 11.6. The quantitative estimate of drug-likeness (QED) is 0.341. The fraction of sp³-hybridized carbons (Fsp3) is 0.429. The Hall–Kier alpha value is -2.88. The van der Waals surface area contributed by atoms with Gasteiger partial charge in [0, 0.05) is 12.1 Å². The Morgan fingerprint density at radius 3 is 2.25 bits per heavy atom. The lowest BCUT2D eigenvalue weighted by Crippen LogP contribution is -2.30. The van der Waals surface area contributed by atoms with E-state index >= 15 is 0 Å². The van der Waals surface area contributed by atoms with Gasteiger partial charge in [0.05, 0.1) is 11.6 Å². The molecule has 0 aromatic heterocycles. The van der Waals surface area contributed by atoms with Crippen LogP contribution in [0.15, 0.2) is 48.0 Å². The van der Waals surface area contributed by atoms with Gasteiger partial charge < -0.3 is 10.0 Å². The second-order valence-corrected chi connectivity index (χ2v) is 9.72. The largest absolute Gasteiger partial charge is 0.507 e. The zero-order chi connectivity index (χ0) is 23.6. The van der Waals surface area contributed by atoms with Gasteiger partial charge >= 0.3 is 0 Å². The van der Waals surface area contributed by atoms with Crippen LogP contribution in [0.1, 0.15) is 81.3 Å². The van der Waals surface area contributed by atoms with E-state index in [1.165, 1.54) is 5.56 Å². The van der Waals surface area contributed by atoms with Crippen LogP contribution in [0, 0.1) is 6.92 Å². The van der Waals surface area contributed by atoms with Gasteiger partial charge in [-0.05, 0) is 53.5 Å². The molecular weight excluding hydrogens is 398 g/mol. The number of carbonyl (C=O) groups excluding carboxylic acids is 2. The Bertz CT molecular complexity index is 1040. The van der Waals surface area contributed by atoms with Crippen molar-refractivity contribution in [3.63, 3.8) is 0 Å². The third-order valence-electron chi connectivity index (χ3n) is 6.35. The fourth-order valence-electron chi connectivity index (χ4n) is 4.21. The second kappa shape index (κ2) is 9.32. The first kappa shape index (κ1) is 23.8. The Kier molecular flexibility index (Phi) is 6.92. The number of amides is 1. The molecule has 1 aliphatic heterocycles. The van der Waals surface area contributed by atoms with E-state index in [0.29, 0.717) is 12.1 Å². The average molecular weight is 434 g/mol. The summed E-state index contributed by atoms with van der Waals surface area (Å²) in [5.41, 5.74) is 4.66. The number of aliphatic hydroxyl groups is 1. The number of carbonyl (C=O) groups is 2. The maximum absolute atomic E-state index is 13.2.